The number of carbonyl (C=O) groups excluding carboxylic acids is 1. The van der Waals surface area contributed by atoms with E-state index in [-0.39, 0.29) is 19.0 Å². The molecule has 52 heavy (non-hydrogen) atoms. The van der Waals surface area contributed by atoms with E-state index in [9.17, 15) is 4.79 Å². The Morgan fingerprint density at radius 2 is 0.423 bits per heavy atom. The highest BCUT2D eigenvalue weighted by molar-refractivity contribution is 5.69. The summed E-state index contributed by atoms with van der Waals surface area (Å²) in [7, 11) is 0. The number of ether oxygens (including phenoxy) is 1. The highest BCUT2D eigenvalue weighted by Crippen LogP contribution is 1.82. The van der Waals surface area contributed by atoms with Crippen molar-refractivity contribution in [2.24, 2.45) is 0 Å². The van der Waals surface area contributed by atoms with Gasteiger partial charge in [-0.1, -0.05) is 0 Å². The Balaban J connectivity index is -0.0000000339. The van der Waals surface area contributed by atoms with Crippen LogP contribution >= 0.6 is 0 Å². The molecule has 0 spiro atoms. The number of aliphatic hydroxyl groups excluding tert-OH is 1. The molecule has 0 atom stereocenters. The number of carbonyl (C=O) groups is 12. The molecule has 0 saturated carbocycles. The third-order valence-electron chi connectivity index (χ3n) is 0.621. The maximum absolute atomic E-state index is 10.3. The second-order valence-corrected chi connectivity index (χ2v) is 6.99. The molecule has 0 aliphatic rings. The Labute approximate surface area is 298 Å². The normalized spacial score (nSPS) is 6.63. The van der Waals surface area contributed by atoms with E-state index in [1.807, 2.05) is 0 Å². The summed E-state index contributed by atoms with van der Waals surface area (Å²) in [6.07, 6.45) is 0.105. The molecule has 0 aromatic carbocycles. The van der Waals surface area contributed by atoms with Gasteiger partial charge in [-0.3, -0.25) is 57.5 Å². The van der Waals surface area contributed by atoms with Crippen LogP contribution in [0.5, 0.6) is 0 Å². The average molecular weight is 779 g/mol. The number of carboxylic acid groups (broad SMARTS) is 11. The summed E-state index contributed by atoms with van der Waals surface area (Å²) in [6.45, 7) is 13.9. The summed E-state index contributed by atoms with van der Waals surface area (Å²) in [5.74, 6) is -9.50. The molecular formula is C27H54O25. The monoisotopic (exact) mass is 778 g/mol. The topological polar surface area (TPSA) is 457 Å². The lowest BCUT2D eigenvalue weighted by molar-refractivity contribution is -0.144. The minimum absolute atomic E-state index is 0.105. The second kappa shape index (κ2) is 75.1. The summed E-state index contributed by atoms with van der Waals surface area (Å²) < 4.78 is 4.48. The molecule has 0 radical (unpaired) electrons. The van der Waals surface area contributed by atoms with Gasteiger partial charge >= 0.3 is 5.97 Å². The number of esters is 1. The Hall–Kier alpha value is -6.40. The van der Waals surface area contributed by atoms with Crippen molar-refractivity contribution in [3.05, 3.63) is 0 Å². The van der Waals surface area contributed by atoms with Crippen LogP contribution in [0.3, 0.4) is 0 Å². The molecule has 25 heteroatoms. The summed E-state index contributed by atoms with van der Waals surface area (Å²) in [6, 6.07) is 0. The lowest BCUT2D eigenvalue weighted by atomic mass is 10.5. The largest absolute Gasteiger partial charge is 0.481 e. The zero-order valence-electron chi connectivity index (χ0n) is 30.8. The van der Waals surface area contributed by atoms with Crippen molar-refractivity contribution in [3.8, 4) is 0 Å². The van der Waals surface area contributed by atoms with E-state index < -0.39 is 65.7 Å². The van der Waals surface area contributed by atoms with Crippen LogP contribution in [0.1, 0.15) is 89.5 Å². The van der Waals surface area contributed by atoms with Gasteiger partial charge in [0.2, 0.25) is 0 Å². The minimum Gasteiger partial charge on any atom is -0.481 e. The summed E-state index contributed by atoms with van der Waals surface area (Å²) in [5.41, 5.74) is 0. The predicted molar refractivity (Wildman–Crippen MR) is 175 cm³/mol. The SMILES string of the molecule is CC(=O)O.CC(=O)O.CC(=O)O.CC(=O)O.CC(=O)O.CC(=O)O.CC(=O)O.CC(=O)O.CC(=O)O.CC(=O)O.CC(=O)O.CCOC(=O)CCO. The first kappa shape index (κ1) is 80.3. The van der Waals surface area contributed by atoms with Crippen LogP contribution in [-0.4, -0.2) is 146 Å². The Morgan fingerprint density at radius 1 is 0.327 bits per heavy atom. The molecule has 0 heterocycles. The van der Waals surface area contributed by atoms with Gasteiger partial charge < -0.3 is 66.0 Å². The van der Waals surface area contributed by atoms with Gasteiger partial charge in [0.15, 0.2) is 0 Å². The standard InChI is InChI=1S/C5H10O3.11C2H4O2/c1-2-8-5(7)3-4-6;11*1-2(3)4/h6H,2-4H2,1H3;11*1H3,(H,3,4). The van der Waals surface area contributed by atoms with Crippen LogP contribution in [0, 0.1) is 0 Å². The van der Waals surface area contributed by atoms with Gasteiger partial charge in [-0.2, -0.15) is 0 Å². The minimum atomic E-state index is -0.833. The van der Waals surface area contributed by atoms with Crippen molar-refractivity contribution in [3.63, 3.8) is 0 Å². The van der Waals surface area contributed by atoms with Gasteiger partial charge in [0.25, 0.3) is 65.7 Å². The fraction of sp³-hybridized carbons (Fsp3) is 0.556. The van der Waals surface area contributed by atoms with Gasteiger partial charge in [-0.05, 0) is 6.92 Å². The van der Waals surface area contributed by atoms with Crippen LogP contribution in [0.2, 0.25) is 0 Å². The van der Waals surface area contributed by atoms with Gasteiger partial charge in [0, 0.05) is 76.2 Å². The summed E-state index contributed by atoms with van der Waals surface area (Å²) in [5, 5.41) is 89.7. The Morgan fingerprint density at radius 3 is 0.481 bits per heavy atom. The van der Waals surface area contributed by atoms with Crippen LogP contribution in [-0.2, 0) is 62.3 Å². The predicted octanol–water partition coefficient (Wildman–Crippen LogP) is 0.932. The van der Waals surface area contributed by atoms with E-state index in [1.54, 1.807) is 6.92 Å². The number of aliphatic carboxylic acids is 11. The number of hydrogen-bond acceptors (Lipinski definition) is 14. The lowest BCUT2D eigenvalue weighted by Crippen LogP contribution is -2.05. The third kappa shape index (κ3) is 495000. The van der Waals surface area contributed by atoms with E-state index >= 15 is 0 Å². The summed E-state index contributed by atoms with van der Waals surface area (Å²) >= 11 is 0. The van der Waals surface area contributed by atoms with E-state index in [0.717, 1.165) is 76.2 Å². The fourth-order valence-electron chi connectivity index (χ4n) is 0.324. The van der Waals surface area contributed by atoms with Crippen LogP contribution in [0.25, 0.3) is 0 Å². The van der Waals surface area contributed by atoms with Crippen LogP contribution in [0.15, 0.2) is 0 Å². The molecule has 0 aromatic heterocycles. The number of aliphatic hydroxyl groups is 1. The number of hydrogen-bond donors (Lipinski definition) is 12. The molecule has 0 amide bonds. The van der Waals surface area contributed by atoms with E-state index in [2.05, 4.69) is 4.74 Å². The fourth-order valence-corrected chi connectivity index (χ4v) is 0.324. The van der Waals surface area contributed by atoms with Crippen molar-refractivity contribution in [1.29, 1.82) is 0 Å². The smallest absolute Gasteiger partial charge is 0.308 e. The molecule has 0 bridgehead atoms. The molecular weight excluding hydrogens is 724 g/mol. The first-order valence-corrected chi connectivity index (χ1v) is 12.8. The lowest BCUT2D eigenvalue weighted by Gasteiger charge is -1.96. The first-order chi connectivity index (χ1) is 22.9. The quantitative estimate of drug-likeness (QED) is 0.177. The van der Waals surface area contributed by atoms with Crippen LogP contribution < -0.4 is 0 Å². The molecule has 0 saturated heterocycles. The van der Waals surface area contributed by atoms with Gasteiger partial charge in [0.1, 0.15) is 0 Å². The van der Waals surface area contributed by atoms with E-state index in [1.165, 1.54) is 0 Å². The Kier molecular flexibility index (Phi) is 116. The molecule has 25 nitrogen and oxygen atoms in total. The van der Waals surface area contributed by atoms with Crippen molar-refractivity contribution >= 4 is 71.6 Å². The maximum Gasteiger partial charge on any atom is 0.308 e. The molecule has 12 N–H and O–H groups in total. The maximum atomic E-state index is 10.3. The average Bonchev–Trinajstić information content (AvgIpc) is 2.75. The first-order valence-electron chi connectivity index (χ1n) is 12.8. The van der Waals surface area contributed by atoms with Crippen LogP contribution in [0.4, 0.5) is 0 Å². The molecule has 0 fully saturated rings. The third-order valence-corrected chi connectivity index (χ3v) is 0.621. The van der Waals surface area contributed by atoms with Crippen molar-refractivity contribution in [1.82, 2.24) is 0 Å². The highest BCUT2D eigenvalue weighted by Gasteiger charge is 1.96. The van der Waals surface area contributed by atoms with Crippen molar-refractivity contribution in [2.45, 2.75) is 89.5 Å². The Bertz CT molecular complexity index is 673. The van der Waals surface area contributed by atoms with Gasteiger partial charge in [-0.15, -0.1) is 0 Å². The second-order valence-electron chi connectivity index (χ2n) is 6.99. The number of carboxylic acids is 11. The molecule has 312 valence electrons. The molecule has 0 aliphatic heterocycles. The van der Waals surface area contributed by atoms with Gasteiger partial charge in [-0.25, -0.2) is 0 Å². The molecule has 0 unspecified atom stereocenters. The number of rotatable bonds is 3. The zero-order chi connectivity index (χ0) is 45.8. The molecule has 0 rings (SSSR count). The molecule has 0 aromatic rings. The summed E-state index contributed by atoms with van der Waals surface area (Å²) in [4.78, 5) is 109. The highest BCUT2D eigenvalue weighted by atomic mass is 16.5. The van der Waals surface area contributed by atoms with Gasteiger partial charge in [0.05, 0.1) is 19.6 Å². The molecule has 0 aliphatic carbocycles. The van der Waals surface area contributed by atoms with Crippen molar-refractivity contribution in [2.75, 3.05) is 13.2 Å². The zero-order valence-corrected chi connectivity index (χ0v) is 30.8. The van der Waals surface area contributed by atoms with Crippen molar-refractivity contribution < 1.29 is 124 Å². The van der Waals surface area contributed by atoms with E-state index in [4.69, 9.17) is 114 Å². The van der Waals surface area contributed by atoms with E-state index in [0.29, 0.717) is 6.61 Å².